The molecule has 0 bridgehead atoms. The van der Waals surface area contributed by atoms with Gasteiger partial charge in [-0.2, -0.15) is 0 Å². The summed E-state index contributed by atoms with van der Waals surface area (Å²) in [6.45, 7) is 4.60. The zero-order valence-electron chi connectivity index (χ0n) is 4.27. The van der Waals surface area contributed by atoms with Gasteiger partial charge >= 0.3 is 5.97 Å². The van der Waals surface area contributed by atoms with Gasteiger partial charge in [-0.05, 0) is 6.92 Å². The number of aliphatic carboxylic acids is 1. The minimum atomic E-state index is -0.935. The van der Waals surface area contributed by atoms with Crippen molar-refractivity contribution >= 4 is 51.5 Å². The van der Waals surface area contributed by atoms with Gasteiger partial charge in [0.2, 0.25) is 0 Å². The molecule has 0 unspecified atom stereocenters. The average molecular weight is 174 g/mol. The molecule has 0 heterocycles. The third kappa shape index (κ3) is 6.69. The molecule has 36 valence electrons. The van der Waals surface area contributed by atoms with E-state index >= 15 is 0 Å². The zero-order chi connectivity index (χ0) is 5.15. The van der Waals surface area contributed by atoms with Gasteiger partial charge in [-0.3, -0.25) is 0 Å². The summed E-state index contributed by atoms with van der Waals surface area (Å²) < 4.78 is 0. The Balaban J connectivity index is 0. The Kier molecular flexibility index (Phi) is 7.35. The first kappa shape index (κ1) is 10.6. The summed E-state index contributed by atoms with van der Waals surface area (Å²) >= 11 is 0. The van der Waals surface area contributed by atoms with Crippen molar-refractivity contribution in [3.05, 3.63) is 12.2 Å². The van der Waals surface area contributed by atoms with Gasteiger partial charge < -0.3 is 5.11 Å². The molecule has 7 heavy (non-hydrogen) atoms. The SMILES string of the molecule is C=C(C)C(=O)O.[Sr]. The molecule has 2 radical (unpaired) electrons. The zero-order valence-corrected chi connectivity index (χ0v) is 7.75. The first-order chi connectivity index (χ1) is 2.64. The van der Waals surface area contributed by atoms with Gasteiger partial charge in [0.15, 0.2) is 0 Å². The van der Waals surface area contributed by atoms with E-state index in [4.69, 9.17) is 5.11 Å². The van der Waals surface area contributed by atoms with Crippen molar-refractivity contribution in [2.75, 3.05) is 0 Å². The molecule has 0 saturated heterocycles. The second-order valence-electron chi connectivity index (χ2n) is 1.09. The topological polar surface area (TPSA) is 37.3 Å². The monoisotopic (exact) mass is 174 g/mol. The van der Waals surface area contributed by atoms with Crippen LogP contribution < -0.4 is 0 Å². The molecule has 0 aromatic carbocycles. The fraction of sp³-hybridized carbons (Fsp3) is 0.250. The molecule has 0 fully saturated rings. The number of carbonyl (C=O) groups is 1. The fourth-order valence-corrected chi connectivity index (χ4v) is 0. The molecule has 0 aromatic heterocycles. The molecule has 1 N–H and O–H groups in total. The average Bonchev–Trinajstić information content (AvgIpc) is 1.36. The van der Waals surface area contributed by atoms with Gasteiger partial charge in [0.25, 0.3) is 0 Å². The van der Waals surface area contributed by atoms with Crippen LogP contribution in [0.4, 0.5) is 0 Å². The number of hydrogen-bond acceptors (Lipinski definition) is 1. The summed E-state index contributed by atoms with van der Waals surface area (Å²) in [6, 6.07) is 0. The summed E-state index contributed by atoms with van der Waals surface area (Å²) in [4.78, 5) is 9.60. The number of rotatable bonds is 1. The van der Waals surface area contributed by atoms with Crippen LogP contribution in [0.5, 0.6) is 0 Å². The normalized spacial score (nSPS) is 6.43. The van der Waals surface area contributed by atoms with E-state index in [2.05, 4.69) is 6.58 Å². The molecular formula is C4H6O2Sr. The van der Waals surface area contributed by atoms with E-state index in [0.29, 0.717) is 0 Å². The van der Waals surface area contributed by atoms with Crippen molar-refractivity contribution in [1.82, 2.24) is 0 Å². The van der Waals surface area contributed by atoms with Crippen LogP contribution in [-0.4, -0.2) is 56.6 Å². The maximum absolute atomic E-state index is 9.60. The Morgan fingerprint density at radius 2 is 1.86 bits per heavy atom. The van der Waals surface area contributed by atoms with Gasteiger partial charge in [0.05, 0.1) is 0 Å². The van der Waals surface area contributed by atoms with Crippen LogP contribution >= 0.6 is 0 Å². The predicted octanol–water partition coefficient (Wildman–Crippen LogP) is 0.266. The van der Waals surface area contributed by atoms with Gasteiger partial charge in [-0.25, -0.2) is 4.79 Å². The third-order valence-electron chi connectivity index (χ3n) is 0.365. The largest absolute Gasteiger partial charge is 0.478 e. The van der Waals surface area contributed by atoms with E-state index < -0.39 is 5.97 Å². The van der Waals surface area contributed by atoms with Crippen LogP contribution in [0.2, 0.25) is 0 Å². The van der Waals surface area contributed by atoms with Crippen LogP contribution in [0.25, 0.3) is 0 Å². The molecule has 0 atom stereocenters. The van der Waals surface area contributed by atoms with Crippen molar-refractivity contribution in [2.45, 2.75) is 6.92 Å². The number of carboxylic acids is 1. The van der Waals surface area contributed by atoms with Gasteiger partial charge in [-0.15, -0.1) is 0 Å². The van der Waals surface area contributed by atoms with Crippen molar-refractivity contribution < 1.29 is 9.90 Å². The molecule has 0 aliphatic rings. The Morgan fingerprint density at radius 1 is 1.71 bits per heavy atom. The van der Waals surface area contributed by atoms with Crippen molar-refractivity contribution in [1.29, 1.82) is 0 Å². The van der Waals surface area contributed by atoms with Crippen LogP contribution in [0.15, 0.2) is 12.2 Å². The molecule has 0 rings (SSSR count). The summed E-state index contributed by atoms with van der Waals surface area (Å²) in [7, 11) is 0. The number of hydrogen-bond donors (Lipinski definition) is 1. The van der Waals surface area contributed by atoms with Crippen LogP contribution in [0.3, 0.4) is 0 Å². The summed E-state index contributed by atoms with van der Waals surface area (Å²) in [5.74, 6) is -0.935. The van der Waals surface area contributed by atoms with Crippen molar-refractivity contribution in [2.24, 2.45) is 0 Å². The van der Waals surface area contributed by atoms with Crippen molar-refractivity contribution in [3.63, 3.8) is 0 Å². The van der Waals surface area contributed by atoms with Crippen molar-refractivity contribution in [3.8, 4) is 0 Å². The third-order valence-corrected chi connectivity index (χ3v) is 0.365. The second kappa shape index (κ2) is 4.84. The summed E-state index contributed by atoms with van der Waals surface area (Å²) in [5.41, 5.74) is 0.176. The maximum atomic E-state index is 9.60. The Hall–Kier alpha value is 0.691. The quantitative estimate of drug-likeness (QED) is 0.457. The van der Waals surface area contributed by atoms with Crippen LogP contribution in [0.1, 0.15) is 6.92 Å². The van der Waals surface area contributed by atoms with Crippen LogP contribution in [-0.2, 0) is 4.79 Å². The molecule has 0 aromatic rings. The fourth-order valence-electron chi connectivity index (χ4n) is 0. The number of carboxylic acid groups (broad SMARTS) is 1. The van der Waals surface area contributed by atoms with E-state index in [-0.39, 0.29) is 51.1 Å². The first-order valence-electron chi connectivity index (χ1n) is 1.53. The maximum Gasteiger partial charge on any atom is 0.330 e. The molecule has 3 heteroatoms. The smallest absolute Gasteiger partial charge is 0.330 e. The van der Waals surface area contributed by atoms with Crippen LogP contribution in [0, 0.1) is 0 Å². The second-order valence-corrected chi connectivity index (χ2v) is 1.09. The first-order valence-corrected chi connectivity index (χ1v) is 1.53. The minimum absolute atomic E-state index is 0. The van der Waals surface area contributed by atoms with E-state index in [1.54, 1.807) is 0 Å². The van der Waals surface area contributed by atoms with Gasteiger partial charge in [0.1, 0.15) is 0 Å². The minimum Gasteiger partial charge on any atom is -0.478 e. The Bertz CT molecular complexity index is 75.7. The molecule has 0 amide bonds. The molecular weight excluding hydrogens is 168 g/mol. The van der Waals surface area contributed by atoms with E-state index in [0.717, 1.165) is 0 Å². The van der Waals surface area contributed by atoms with Gasteiger partial charge in [0, 0.05) is 51.1 Å². The van der Waals surface area contributed by atoms with E-state index in [9.17, 15) is 4.79 Å². The molecule has 0 aliphatic carbocycles. The molecule has 0 saturated carbocycles. The Morgan fingerprint density at radius 3 is 1.86 bits per heavy atom. The molecule has 0 aliphatic heterocycles. The molecule has 0 spiro atoms. The van der Waals surface area contributed by atoms with E-state index in [1.165, 1.54) is 6.92 Å². The van der Waals surface area contributed by atoms with Gasteiger partial charge in [-0.1, -0.05) is 6.58 Å². The summed E-state index contributed by atoms with van der Waals surface area (Å²) in [6.07, 6.45) is 0. The standard InChI is InChI=1S/C4H6O2.Sr/c1-3(2)4(5)6;/h1H2,2H3,(H,5,6);. The summed E-state index contributed by atoms with van der Waals surface area (Å²) in [5, 5.41) is 7.89. The predicted molar refractivity (Wildman–Crippen MR) is 28.2 cm³/mol. The Labute approximate surface area is 79.5 Å². The van der Waals surface area contributed by atoms with E-state index in [1.807, 2.05) is 0 Å². The molecule has 2 nitrogen and oxygen atoms in total.